The topological polar surface area (TPSA) is 69.6 Å². The van der Waals surface area contributed by atoms with Crippen LogP contribution in [0.1, 0.15) is 52.4 Å². The van der Waals surface area contributed by atoms with Crippen LogP contribution in [0.2, 0.25) is 0 Å². The molecule has 1 rings (SSSR count). The van der Waals surface area contributed by atoms with E-state index in [1.54, 1.807) is 0 Å². The fourth-order valence-electron chi connectivity index (χ4n) is 2.62. The van der Waals surface area contributed by atoms with Crippen LogP contribution in [0.25, 0.3) is 0 Å². The van der Waals surface area contributed by atoms with Crippen molar-refractivity contribution in [2.45, 2.75) is 58.0 Å². The first-order valence-corrected chi connectivity index (χ1v) is 6.51. The summed E-state index contributed by atoms with van der Waals surface area (Å²) < 4.78 is 0. The first-order valence-electron chi connectivity index (χ1n) is 6.51. The van der Waals surface area contributed by atoms with E-state index < -0.39 is 5.60 Å². The Kier molecular flexibility index (Phi) is 4.95. The highest BCUT2D eigenvalue weighted by Gasteiger charge is 2.43. The lowest BCUT2D eigenvalue weighted by molar-refractivity contribution is -0.147. The number of amides is 1. The molecule has 1 unspecified atom stereocenters. The summed E-state index contributed by atoms with van der Waals surface area (Å²) >= 11 is 0. The molecule has 1 aliphatic carbocycles. The van der Waals surface area contributed by atoms with Crippen LogP contribution in [-0.4, -0.2) is 34.9 Å². The Morgan fingerprint density at radius 3 is 2.59 bits per heavy atom. The molecule has 1 atom stereocenters. The molecule has 4 heteroatoms. The minimum absolute atomic E-state index is 0.0371. The molecule has 0 aromatic carbocycles. The van der Waals surface area contributed by atoms with Crippen molar-refractivity contribution in [1.29, 1.82) is 0 Å². The fraction of sp³-hybridized carbons (Fsp3) is 0.923. The summed E-state index contributed by atoms with van der Waals surface area (Å²) in [6.45, 7) is 4.86. The molecule has 0 spiro atoms. The number of aliphatic hydroxyl groups is 2. The van der Waals surface area contributed by atoms with Gasteiger partial charge >= 0.3 is 0 Å². The molecule has 0 aliphatic heterocycles. The predicted octanol–water partition coefficient (Wildman–Crippen LogP) is 1.21. The fourth-order valence-corrected chi connectivity index (χ4v) is 2.62. The normalized spacial score (nSPS) is 27.8. The van der Waals surface area contributed by atoms with Gasteiger partial charge in [0.25, 0.3) is 5.91 Å². The van der Waals surface area contributed by atoms with Crippen molar-refractivity contribution in [2.75, 3.05) is 13.2 Å². The molecule has 1 amide bonds. The number of aliphatic hydroxyl groups excluding tert-OH is 1. The molecule has 1 aliphatic rings. The smallest absolute Gasteiger partial charge is 0.251 e. The Bertz CT molecular complexity index is 265. The second-order valence-corrected chi connectivity index (χ2v) is 5.91. The number of hydrogen-bond donors (Lipinski definition) is 3. The van der Waals surface area contributed by atoms with Gasteiger partial charge < -0.3 is 15.5 Å². The first kappa shape index (κ1) is 14.5. The lowest BCUT2D eigenvalue weighted by Crippen LogP contribution is -2.51. The van der Waals surface area contributed by atoms with E-state index >= 15 is 0 Å². The van der Waals surface area contributed by atoms with E-state index in [0.29, 0.717) is 25.8 Å². The second-order valence-electron chi connectivity index (χ2n) is 5.91. The molecule has 1 saturated carbocycles. The van der Waals surface area contributed by atoms with E-state index in [4.69, 9.17) is 5.11 Å². The van der Waals surface area contributed by atoms with Crippen molar-refractivity contribution < 1.29 is 15.0 Å². The summed E-state index contributed by atoms with van der Waals surface area (Å²) in [5.41, 5.74) is -1.16. The largest absolute Gasteiger partial charge is 0.396 e. The Balaban J connectivity index is 2.43. The van der Waals surface area contributed by atoms with Crippen molar-refractivity contribution in [2.24, 2.45) is 5.41 Å². The maximum atomic E-state index is 11.9. The van der Waals surface area contributed by atoms with Crippen LogP contribution in [0.4, 0.5) is 0 Å². The minimum atomic E-state index is -1.19. The summed E-state index contributed by atoms with van der Waals surface area (Å²) in [6, 6.07) is 0. The number of hydrogen-bond acceptors (Lipinski definition) is 3. The number of unbranched alkanes of at least 4 members (excludes halogenated alkanes) is 1. The zero-order chi connectivity index (χ0) is 12.9. The molecule has 0 aromatic heterocycles. The number of carbonyl (C=O) groups is 1. The first-order chi connectivity index (χ1) is 7.90. The van der Waals surface area contributed by atoms with Crippen molar-refractivity contribution in [3.63, 3.8) is 0 Å². The molecule has 0 bridgehead atoms. The Morgan fingerprint density at radius 1 is 1.29 bits per heavy atom. The van der Waals surface area contributed by atoms with Gasteiger partial charge in [-0.1, -0.05) is 13.8 Å². The standard InChI is InChI=1S/C13H25NO3/c1-12(2)6-5-7-13(17,10-12)11(16)14-8-3-4-9-15/h15,17H,3-10H2,1-2H3,(H,14,16). The quantitative estimate of drug-likeness (QED) is 0.636. The Labute approximate surface area is 103 Å². The van der Waals surface area contributed by atoms with Crippen LogP contribution in [-0.2, 0) is 4.79 Å². The van der Waals surface area contributed by atoms with Crippen LogP contribution < -0.4 is 5.32 Å². The van der Waals surface area contributed by atoms with Crippen LogP contribution in [0.15, 0.2) is 0 Å². The molecule has 4 nitrogen and oxygen atoms in total. The molecule has 17 heavy (non-hydrogen) atoms. The zero-order valence-electron chi connectivity index (χ0n) is 11.0. The molecule has 100 valence electrons. The van der Waals surface area contributed by atoms with E-state index in [-0.39, 0.29) is 17.9 Å². The average molecular weight is 243 g/mol. The Hall–Kier alpha value is -0.610. The van der Waals surface area contributed by atoms with Crippen LogP contribution in [0, 0.1) is 5.41 Å². The summed E-state index contributed by atoms with van der Waals surface area (Å²) in [6.07, 6.45) is 4.49. The summed E-state index contributed by atoms with van der Waals surface area (Å²) in [7, 11) is 0. The number of rotatable bonds is 5. The summed E-state index contributed by atoms with van der Waals surface area (Å²) in [5, 5.41) is 21.8. The molecule has 0 aromatic rings. The van der Waals surface area contributed by atoms with E-state index in [9.17, 15) is 9.90 Å². The molecule has 3 N–H and O–H groups in total. The number of carbonyl (C=O) groups excluding carboxylic acids is 1. The highest BCUT2D eigenvalue weighted by atomic mass is 16.3. The van der Waals surface area contributed by atoms with Crippen molar-refractivity contribution >= 4 is 5.91 Å². The number of nitrogens with one attached hydrogen (secondary N) is 1. The van der Waals surface area contributed by atoms with Gasteiger partial charge in [0.05, 0.1) is 0 Å². The van der Waals surface area contributed by atoms with E-state index in [1.807, 2.05) is 0 Å². The Morgan fingerprint density at radius 2 is 2.00 bits per heavy atom. The summed E-state index contributed by atoms with van der Waals surface area (Å²) in [5.74, 6) is -0.247. The van der Waals surface area contributed by atoms with Gasteiger partial charge in [0, 0.05) is 13.2 Å². The predicted molar refractivity (Wildman–Crippen MR) is 66.5 cm³/mol. The third-order valence-corrected chi connectivity index (χ3v) is 3.51. The third-order valence-electron chi connectivity index (χ3n) is 3.51. The molecule has 0 radical (unpaired) electrons. The second kappa shape index (κ2) is 5.83. The van der Waals surface area contributed by atoms with Gasteiger partial charge in [-0.3, -0.25) is 4.79 Å². The van der Waals surface area contributed by atoms with E-state index in [0.717, 1.165) is 19.3 Å². The minimum Gasteiger partial charge on any atom is -0.396 e. The highest BCUT2D eigenvalue weighted by molar-refractivity contribution is 5.85. The molecule has 0 saturated heterocycles. The van der Waals surface area contributed by atoms with Crippen LogP contribution in [0.3, 0.4) is 0 Å². The van der Waals surface area contributed by atoms with Gasteiger partial charge in [-0.2, -0.15) is 0 Å². The lowest BCUT2D eigenvalue weighted by Gasteiger charge is -2.40. The van der Waals surface area contributed by atoms with Crippen molar-refractivity contribution in [3.05, 3.63) is 0 Å². The van der Waals surface area contributed by atoms with Gasteiger partial charge in [-0.25, -0.2) is 0 Å². The van der Waals surface area contributed by atoms with E-state index in [2.05, 4.69) is 19.2 Å². The van der Waals surface area contributed by atoms with Gasteiger partial charge in [-0.15, -0.1) is 0 Å². The SMILES string of the molecule is CC1(C)CCCC(O)(C(=O)NCCCCO)C1. The van der Waals surface area contributed by atoms with Crippen LogP contribution in [0.5, 0.6) is 0 Å². The third kappa shape index (κ3) is 4.28. The average Bonchev–Trinajstić information content (AvgIpc) is 2.22. The van der Waals surface area contributed by atoms with E-state index in [1.165, 1.54) is 0 Å². The molecule has 1 fully saturated rings. The van der Waals surface area contributed by atoms with Crippen molar-refractivity contribution in [1.82, 2.24) is 5.32 Å². The van der Waals surface area contributed by atoms with Gasteiger partial charge in [0.2, 0.25) is 0 Å². The van der Waals surface area contributed by atoms with Crippen molar-refractivity contribution in [3.8, 4) is 0 Å². The maximum Gasteiger partial charge on any atom is 0.251 e. The zero-order valence-corrected chi connectivity index (χ0v) is 11.0. The van der Waals surface area contributed by atoms with Gasteiger partial charge in [-0.05, 0) is 43.9 Å². The van der Waals surface area contributed by atoms with Gasteiger partial charge in [0.1, 0.15) is 5.60 Å². The molecule has 0 heterocycles. The summed E-state index contributed by atoms with van der Waals surface area (Å²) in [4.78, 5) is 11.9. The molecular weight excluding hydrogens is 218 g/mol. The lowest BCUT2D eigenvalue weighted by atomic mass is 9.69. The maximum absolute atomic E-state index is 11.9. The van der Waals surface area contributed by atoms with Crippen LogP contribution >= 0.6 is 0 Å². The molecular formula is C13H25NO3. The van der Waals surface area contributed by atoms with Gasteiger partial charge in [0.15, 0.2) is 0 Å². The monoisotopic (exact) mass is 243 g/mol. The highest BCUT2D eigenvalue weighted by Crippen LogP contribution is 2.40.